The van der Waals surface area contributed by atoms with Crippen molar-refractivity contribution in [2.45, 2.75) is 76.1 Å². The van der Waals surface area contributed by atoms with Crippen molar-refractivity contribution >= 4 is 11.9 Å². The Hall–Kier alpha value is -2.29. The molecule has 2 fully saturated rings. The standard InChI is InChI=1S/C22H32N2O2.C2HF3O2/c1-16(2)23-21(25)13-18-14-22(26-20-6-4-3-5-19(18)20)9-11-24(12-10-22)15-17-7-8-17;3-2(4,5)1(6)7/h3-6,16-18H,7-15H2,1-2H3,(H,23,25);(H,6,7). The molecule has 1 amide bonds. The number of amides is 1. The Kier molecular flexibility index (Phi) is 7.92. The lowest BCUT2D eigenvalue weighted by Crippen LogP contribution is -2.51. The van der Waals surface area contributed by atoms with Crippen LogP contribution in [0, 0.1) is 5.92 Å². The molecule has 4 rings (SSSR count). The molecule has 1 unspecified atom stereocenters. The zero-order chi connectivity index (χ0) is 24.2. The van der Waals surface area contributed by atoms with Crippen LogP contribution in [-0.4, -0.2) is 59.3 Å². The minimum atomic E-state index is -5.08. The van der Waals surface area contributed by atoms with Gasteiger partial charge in [-0.2, -0.15) is 13.2 Å². The average Bonchev–Trinajstić information content (AvgIpc) is 3.53. The van der Waals surface area contributed by atoms with Crippen LogP contribution in [0.25, 0.3) is 0 Å². The monoisotopic (exact) mass is 470 g/mol. The second-order valence-electron chi connectivity index (χ2n) is 9.70. The number of carbonyl (C=O) groups is 2. The van der Waals surface area contributed by atoms with Gasteiger partial charge in [0.05, 0.1) is 0 Å². The highest BCUT2D eigenvalue weighted by Crippen LogP contribution is 2.46. The summed E-state index contributed by atoms with van der Waals surface area (Å²) in [4.78, 5) is 23.9. The van der Waals surface area contributed by atoms with Crippen LogP contribution in [0.1, 0.15) is 63.9 Å². The predicted octanol–water partition coefficient (Wildman–Crippen LogP) is 4.35. The van der Waals surface area contributed by atoms with Gasteiger partial charge >= 0.3 is 12.1 Å². The van der Waals surface area contributed by atoms with E-state index in [1.54, 1.807) is 0 Å². The van der Waals surface area contributed by atoms with Gasteiger partial charge in [0.25, 0.3) is 0 Å². The third-order valence-corrected chi connectivity index (χ3v) is 6.41. The normalized spacial score (nSPS) is 22.1. The first kappa shape index (κ1) is 25.3. The molecule has 2 aliphatic heterocycles. The van der Waals surface area contributed by atoms with Gasteiger partial charge in [-0.3, -0.25) is 4.79 Å². The molecule has 1 aromatic carbocycles. The van der Waals surface area contributed by atoms with E-state index in [1.807, 2.05) is 19.9 Å². The Balaban J connectivity index is 0.000000383. The minimum Gasteiger partial charge on any atom is -0.487 e. The summed E-state index contributed by atoms with van der Waals surface area (Å²) in [5, 5.41) is 10.2. The van der Waals surface area contributed by atoms with Crippen LogP contribution in [0.2, 0.25) is 0 Å². The van der Waals surface area contributed by atoms with Crippen molar-refractivity contribution in [1.82, 2.24) is 10.2 Å². The molecule has 6 nitrogen and oxygen atoms in total. The van der Waals surface area contributed by atoms with Crippen molar-refractivity contribution in [1.29, 1.82) is 0 Å². The summed E-state index contributed by atoms with van der Waals surface area (Å²) in [5.74, 6) is -0.398. The Morgan fingerprint density at radius 3 is 2.36 bits per heavy atom. The zero-order valence-electron chi connectivity index (χ0n) is 19.2. The number of alkyl halides is 3. The number of aliphatic carboxylic acids is 1. The van der Waals surface area contributed by atoms with Gasteiger partial charge in [0, 0.05) is 38.0 Å². The van der Waals surface area contributed by atoms with Crippen LogP contribution in [0.15, 0.2) is 24.3 Å². The SMILES string of the molecule is CC(C)NC(=O)CC1CC2(CCN(CC3CC3)CC2)Oc2ccccc21.O=C(O)C(F)(F)F. The van der Waals surface area contributed by atoms with Crippen molar-refractivity contribution in [2.75, 3.05) is 19.6 Å². The molecular weight excluding hydrogens is 437 g/mol. The number of likely N-dealkylation sites (tertiary alicyclic amines) is 1. The summed E-state index contributed by atoms with van der Waals surface area (Å²) in [6.45, 7) is 7.57. The van der Waals surface area contributed by atoms with E-state index in [0.29, 0.717) is 6.42 Å². The van der Waals surface area contributed by atoms with Crippen LogP contribution in [-0.2, 0) is 9.59 Å². The van der Waals surface area contributed by atoms with Gasteiger partial charge in [0.1, 0.15) is 11.4 Å². The Labute approximate surface area is 192 Å². The van der Waals surface area contributed by atoms with Gasteiger partial charge in [-0.05, 0) is 63.5 Å². The Morgan fingerprint density at radius 2 is 1.82 bits per heavy atom. The first-order valence-electron chi connectivity index (χ1n) is 11.6. The second-order valence-corrected chi connectivity index (χ2v) is 9.70. The summed E-state index contributed by atoms with van der Waals surface area (Å²) in [5.41, 5.74) is 1.12. The van der Waals surface area contributed by atoms with E-state index < -0.39 is 12.1 Å². The third kappa shape index (κ3) is 7.35. The number of carbonyl (C=O) groups excluding carboxylic acids is 1. The van der Waals surface area contributed by atoms with Crippen LogP contribution in [0.5, 0.6) is 5.75 Å². The summed E-state index contributed by atoms with van der Waals surface area (Å²) in [6.07, 6.45) is 1.43. The maximum atomic E-state index is 12.4. The quantitative estimate of drug-likeness (QED) is 0.669. The Morgan fingerprint density at radius 1 is 1.21 bits per heavy atom. The molecule has 0 radical (unpaired) electrons. The third-order valence-electron chi connectivity index (χ3n) is 6.41. The van der Waals surface area contributed by atoms with E-state index in [1.165, 1.54) is 24.9 Å². The van der Waals surface area contributed by atoms with Crippen molar-refractivity contribution in [3.05, 3.63) is 29.8 Å². The van der Waals surface area contributed by atoms with Crippen molar-refractivity contribution < 1.29 is 32.6 Å². The smallest absolute Gasteiger partial charge is 0.487 e. The highest BCUT2D eigenvalue weighted by molar-refractivity contribution is 5.77. The molecule has 33 heavy (non-hydrogen) atoms. The second kappa shape index (κ2) is 10.3. The molecule has 1 atom stereocenters. The number of piperidine rings is 1. The molecule has 184 valence electrons. The lowest BCUT2D eigenvalue weighted by atomic mass is 9.76. The summed E-state index contributed by atoms with van der Waals surface area (Å²) in [6, 6.07) is 8.52. The van der Waals surface area contributed by atoms with Crippen molar-refractivity contribution in [2.24, 2.45) is 5.92 Å². The van der Waals surface area contributed by atoms with E-state index in [4.69, 9.17) is 14.6 Å². The number of nitrogens with one attached hydrogen (secondary N) is 1. The topological polar surface area (TPSA) is 78.9 Å². The fraction of sp³-hybridized carbons (Fsp3) is 0.667. The maximum absolute atomic E-state index is 12.4. The number of hydrogen-bond donors (Lipinski definition) is 2. The molecule has 0 aromatic heterocycles. The van der Waals surface area contributed by atoms with Gasteiger partial charge in [-0.1, -0.05) is 18.2 Å². The lowest BCUT2D eigenvalue weighted by Gasteiger charge is -2.47. The van der Waals surface area contributed by atoms with E-state index >= 15 is 0 Å². The van der Waals surface area contributed by atoms with Gasteiger partial charge in [-0.15, -0.1) is 0 Å². The van der Waals surface area contributed by atoms with Crippen LogP contribution < -0.4 is 10.1 Å². The molecule has 2 N–H and O–H groups in total. The minimum absolute atomic E-state index is 0.0861. The number of carboxylic acid groups (broad SMARTS) is 1. The highest BCUT2D eigenvalue weighted by atomic mass is 19.4. The van der Waals surface area contributed by atoms with E-state index in [2.05, 4.69) is 28.4 Å². The predicted molar refractivity (Wildman–Crippen MR) is 117 cm³/mol. The summed E-state index contributed by atoms with van der Waals surface area (Å²) < 4.78 is 38.3. The first-order valence-corrected chi connectivity index (χ1v) is 11.6. The Bertz CT molecular complexity index is 831. The number of para-hydroxylation sites is 1. The van der Waals surface area contributed by atoms with E-state index in [0.717, 1.165) is 44.0 Å². The molecule has 1 aromatic rings. The van der Waals surface area contributed by atoms with E-state index in [-0.39, 0.29) is 23.5 Å². The van der Waals surface area contributed by atoms with Crippen LogP contribution in [0.4, 0.5) is 13.2 Å². The fourth-order valence-electron chi connectivity index (χ4n) is 4.65. The number of benzene rings is 1. The molecule has 1 saturated carbocycles. The molecule has 1 spiro atoms. The highest BCUT2D eigenvalue weighted by Gasteiger charge is 2.44. The molecule has 0 bridgehead atoms. The summed E-state index contributed by atoms with van der Waals surface area (Å²) in [7, 11) is 0. The molecule has 1 saturated heterocycles. The number of nitrogens with zero attached hydrogens (tertiary/aromatic N) is 1. The number of ether oxygens (including phenoxy) is 1. The summed E-state index contributed by atoms with van der Waals surface area (Å²) >= 11 is 0. The van der Waals surface area contributed by atoms with Gasteiger partial charge in [0.15, 0.2) is 0 Å². The lowest BCUT2D eigenvalue weighted by molar-refractivity contribution is -0.192. The first-order chi connectivity index (χ1) is 15.5. The maximum Gasteiger partial charge on any atom is 0.490 e. The zero-order valence-corrected chi connectivity index (χ0v) is 19.2. The number of hydrogen-bond acceptors (Lipinski definition) is 4. The van der Waals surface area contributed by atoms with Gasteiger partial charge in [-0.25, -0.2) is 4.79 Å². The van der Waals surface area contributed by atoms with Gasteiger partial charge < -0.3 is 20.1 Å². The van der Waals surface area contributed by atoms with E-state index in [9.17, 15) is 18.0 Å². The number of carboxylic acids is 1. The van der Waals surface area contributed by atoms with Gasteiger partial charge in [0.2, 0.25) is 5.91 Å². The molecule has 1 aliphatic carbocycles. The molecule has 9 heteroatoms. The number of rotatable bonds is 5. The van der Waals surface area contributed by atoms with Crippen LogP contribution in [0.3, 0.4) is 0 Å². The van der Waals surface area contributed by atoms with Crippen molar-refractivity contribution in [3.8, 4) is 5.75 Å². The molecular formula is C24H33F3N2O4. The molecule has 2 heterocycles. The molecule has 3 aliphatic rings. The largest absolute Gasteiger partial charge is 0.490 e. The van der Waals surface area contributed by atoms with Crippen molar-refractivity contribution in [3.63, 3.8) is 0 Å². The number of halogens is 3. The number of fused-ring (bicyclic) bond motifs is 1. The fourth-order valence-corrected chi connectivity index (χ4v) is 4.65. The average molecular weight is 471 g/mol. The van der Waals surface area contributed by atoms with Crippen LogP contribution >= 0.6 is 0 Å².